The van der Waals surface area contributed by atoms with Gasteiger partial charge in [-0.1, -0.05) is 57.2 Å². The van der Waals surface area contributed by atoms with Crippen molar-refractivity contribution in [1.29, 1.82) is 0 Å². The van der Waals surface area contributed by atoms with Crippen molar-refractivity contribution in [2.45, 2.75) is 53.5 Å². The van der Waals surface area contributed by atoms with Crippen LogP contribution in [-0.2, 0) is 12.0 Å². The van der Waals surface area contributed by atoms with Gasteiger partial charge in [0, 0.05) is 38.1 Å². The van der Waals surface area contributed by atoms with E-state index in [1.54, 1.807) is 0 Å². The zero-order chi connectivity index (χ0) is 24.5. The summed E-state index contributed by atoms with van der Waals surface area (Å²) in [5.74, 6) is 0. The minimum Gasteiger partial charge on any atom is -0.456 e. The second kappa shape index (κ2) is 7.49. The lowest BCUT2D eigenvalue weighted by Gasteiger charge is -2.24. The number of para-hydroxylation sites is 1. The molecular formula is C33H33NO. The van der Waals surface area contributed by atoms with Crippen LogP contribution in [0.3, 0.4) is 0 Å². The van der Waals surface area contributed by atoms with Gasteiger partial charge in [0.15, 0.2) is 0 Å². The molecule has 0 saturated heterocycles. The van der Waals surface area contributed by atoms with Gasteiger partial charge in [-0.25, -0.2) is 0 Å². The normalized spacial score (nSPS) is 13.0. The molecule has 0 saturated carbocycles. The Morgan fingerprint density at radius 2 is 1.31 bits per heavy atom. The highest BCUT2D eigenvalue weighted by atomic mass is 16.3. The van der Waals surface area contributed by atoms with Gasteiger partial charge in [-0.3, -0.25) is 0 Å². The van der Waals surface area contributed by atoms with Gasteiger partial charge < -0.3 is 8.98 Å². The van der Waals surface area contributed by atoms with E-state index in [2.05, 4.69) is 125 Å². The Bertz CT molecular complexity index is 1730. The molecule has 0 aliphatic carbocycles. The summed E-state index contributed by atoms with van der Waals surface area (Å²) in [5.41, 5.74) is 8.48. The fourth-order valence-electron chi connectivity index (χ4n) is 5.60. The molecule has 0 bridgehead atoms. The van der Waals surface area contributed by atoms with Crippen LogP contribution in [0, 0.1) is 5.41 Å². The Morgan fingerprint density at radius 3 is 2.09 bits per heavy atom. The highest BCUT2D eigenvalue weighted by Gasteiger charge is 2.21. The topological polar surface area (TPSA) is 18.1 Å². The molecule has 2 heteroatoms. The highest BCUT2D eigenvalue weighted by Crippen LogP contribution is 2.38. The molecule has 0 fully saturated rings. The average Bonchev–Trinajstić information content (AvgIpc) is 3.32. The first-order valence-corrected chi connectivity index (χ1v) is 12.6. The van der Waals surface area contributed by atoms with Crippen LogP contribution in [0.1, 0.15) is 47.1 Å². The van der Waals surface area contributed by atoms with Crippen LogP contribution in [0.4, 0.5) is 0 Å². The van der Waals surface area contributed by atoms with Gasteiger partial charge in [0.2, 0.25) is 0 Å². The van der Waals surface area contributed by atoms with Gasteiger partial charge in [0.25, 0.3) is 0 Å². The third kappa shape index (κ3) is 3.72. The maximum Gasteiger partial charge on any atom is 0.136 e. The van der Waals surface area contributed by atoms with Gasteiger partial charge in [-0.2, -0.15) is 0 Å². The van der Waals surface area contributed by atoms with Crippen molar-refractivity contribution >= 4 is 43.7 Å². The summed E-state index contributed by atoms with van der Waals surface area (Å²) >= 11 is 0. The number of hydrogen-bond donors (Lipinski definition) is 0. The lowest BCUT2D eigenvalue weighted by atomic mass is 9.88. The van der Waals surface area contributed by atoms with Gasteiger partial charge in [0.05, 0.1) is 0 Å². The molecule has 2 heterocycles. The molecule has 0 aliphatic heterocycles. The highest BCUT2D eigenvalue weighted by molar-refractivity contribution is 6.10. The molecule has 0 radical (unpaired) electrons. The van der Waals surface area contributed by atoms with Crippen molar-refractivity contribution in [1.82, 2.24) is 4.57 Å². The maximum absolute atomic E-state index is 6.30. The molecule has 2 nitrogen and oxygen atoms in total. The van der Waals surface area contributed by atoms with E-state index in [0.29, 0.717) is 0 Å². The van der Waals surface area contributed by atoms with Crippen LogP contribution < -0.4 is 0 Å². The molecule has 35 heavy (non-hydrogen) atoms. The van der Waals surface area contributed by atoms with Gasteiger partial charge in [0.1, 0.15) is 11.2 Å². The van der Waals surface area contributed by atoms with Crippen LogP contribution in [0.5, 0.6) is 0 Å². The van der Waals surface area contributed by atoms with Crippen molar-refractivity contribution in [2.75, 3.05) is 0 Å². The first-order chi connectivity index (χ1) is 16.6. The van der Waals surface area contributed by atoms with Crippen LogP contribution in [0.15, 0.2) is 83.3 Å². The molecule has 6 aromatic rings. The molecule has 6 rings (SSSR count). The fraction of sp³-hybridized carbons (Fsp3) is 0.273. The minimum absolute atomic E-state index is 0.00188. The summed E-state index contributed by atoms with van der Waals surface area (Å²) in [4.78, 5) is 0. The largest absolute Gasteiger partial charge is 0.456 e. The fourth-order valence-corrected chi connectivity index (χ4v) is 5.60. The molecule has 0 aliphatic rings. The number of benzene rings is 4. The first kappa shape index (κ1) is 22.0. The maximum atomic E-state index is 6.30. The van der Waals surface area contributed by atoms with E-state index >= 15 is 0 Å². The summed E-state index contributed by atoms with van der Waals surface area (Å²) in [6.45, 7) is 13.7. The second-order valence-corrected chi connectivity index (χ2v) is 12.1. The smallest absolute Gasteiger partial charge is 0.136 e. The van der Waals surface area contributed by atoms with Crippen molar-refractivity contribution < 1.29 is 4.42 Å². The Labute approximate surface area is 207 Å². The zero-order valence-electron chi connectivity index (χ0n) is 21.6. The third-order valence-corrected chi connectivity index (χ3v) is 6.95. The standard InChI is InChI=1S/C33H33NO/c1-32(2,3)20-21-11-16-30-27(17-21)25-14-12-23(19-31(25)35-30)22-13-15-29-26(18-22)24-9-7-8-10-28(24)34(29)33(4,5)6/h7-19H,20H2,1-6H3. The van der Waals surface area contributed by atoms with Crippen molar-refractivity contribution in [3.05, 3.63) is 84.4 Å². The van der Waals surface area contributed by atoms with Crippen LogP contribution >= 0.6 is 0 Å². The lowest BCUT2D eigenvalue weighted by Crippen LogP contribution is -2.21. The van der Waals surface area contributed by atoms with E-state index in [9.17, 15) is 0 Å². The monoisotopic (exact) mass is 459 g/mol. The lowest BCUT2D eigenvalue weighted by molar-refractivity contribution is 0.411. The first-order valence-electron chi connectivity index (χ1n) is 12.6. The Hall–Kier alpha value is -3.52. The summed E-state index contributed by atoms with van der Waals surface area (Å²) in [7, 11) is 0. The average molecular weight is 460 g/mol. The molecule has 0 unspecified atom stereocenters. The van der Waals surface area contributed by atoms with Gasteiger partial charge in [-0.15, -0.1) is 0 Å². The minimum atomic E-state index is 0.00188. The van der Waals surface area contributed by atoms with Crippen LogP contribution in [0.2, 0.25) is 0 Å². The predicted octanol–water partition coefficient (Wildman–Crippen LogP) is 9.70. The SMILES string of the molecule is CC(C)(C)Cc1ccc2oc3cc(-c4ccc5c(c4)c4ccccc4n5C(C)(C)C)ccc3c2c1. The molecule has 176 valence electrons. The van der Waals surface area contributed by atoms with Crippen LogP contribution in [-0.4, -0.2) is 4.57 Å². The van der Waals surface area contributed by atoms with E-state index in [-0.39, 0.29) is 11.0 Å². The number of rotatable bonds is 2. The van der Waals surface area contributed by atoms with Gasteiger partial charge in [-0.05, 0) is 91.8 Å². The molecular weight excluding hydrogens is 426 g/mol. The molecule has 0 amide bonds. The Balaban J connectivity index is 1.49. The predicted molar refractivity (Wildman–Crippen MR) is 150 cm³/mol. The van der Waals surface area contributed by atoms with E-state index in [4.69, 9.17) is 4.42 Å². The zero-order valence-corrected chi connectivity index (χ0v) is 21.6. The van der Waals surface area contributed by atoms with Crippen molar-refractivity contribution in [3.63, 3.8) is 0 Å². The number of aromatic nitrogens is 1. The Kier molecular flexibility index (Phi) is 4.70. The number of nitrogens with zero attached hydrogens (tertiary/aromatic N) is 1. The summed E-state index contributed by atoms with van der Waals surface area (Å²) < 4.78 is 8.76. The molecule has 0 spiro atoms. The van der Waals surface area contributed by atoms with Crippen molar-refractivity contribution in [2.24, 2.45) is 5.41 Å². The molecule has 0 atom stereocenters. The van der Waals surface area contributed by atoms with Crippen molar-refractivity contribution in [3.8, 4) is 11.1 Å². The quantitative estimate of drug-likeness (QED) is 0.252. The molecule has 0 N–H and O–H groups in total. The third-order valence-electron chi connectivity index (χ3n) is 6.95. The van der Waals surface area contributed by atoms with E-state index in [1.807, 2.05) is 0 Å². The van der Waals surface area contributed by atoms with Crippen LogP contribution in [0.25, 0.3) is 54.9 Å². The summed E-state index contributed by atoms with van der Waals surface area (Å²) in [5, 5.41) is 4.99. The molecule has 2 aromatic heterocycles. The van der Waals surface area contributed by atoms with E-state index in [0.717, 1.165) is 17.6 Å². The summed E-state index contributed by atoms with van der Waals surface area (Å²) in [6.07, 6.45) is 1.05. The second-order valence-electron chi connectivity index (χ2n) is 12.1. The molecule has 4 aromatic carbocycles. The number of fused-ring (bicyclic) bond motifs is 6. The number of furan rings is 1. The van der Waals surface area contributed by atoms with E-state index in [1.165, 1.54) is 49.3 Å². The summed E-state index contributed by atoms with van der Waals surface area (Å²) in [6, 6.07) is 28.9. The Morgan fingerprint density at radius 1 is 0.600 bits per heavy atom. The van der Waals surface area contributed by atoms with Gasteiger partial charge >= 0.3 is 0 Å². The van der Waals surface area contributed by atoms with E-state index < -0.39 is 0 Å². The number of hydrogen-bond acceptors (Lipinski definition) is 1.